The summed E-state index contributed by atoms with van der Waals surface area (Å²) in [4.78, 5) is 12.6. The van der Waals surface area contributed by atoms with Crippen molar-refractivity contribution in [1.29, 1.82) is 10.8 Å². The number of carbonyl (C=O) groups excluding carboxylic acids is 1. The minimum Gasteiger partial charge on any atom is -0.293 e. The number of aromatic nitrogens is 2. The molecule has 0 aliphatic carbocycles. The van der Waals surface area contributed by atoms with E-state index >= 15 is 0 Å². The average molecular weight is 408 g/mol. The van der Waals surface area contributed by atoms with E-state index in [1.807, 2.05) is 0 Å². The fourth-order valence-electron chi connectivity index (χ4n) is 2.21. The molecule has 0 spiro atoms. The summed E-state index contributed by atoms with van der Waals surface area (Å²) < 4.78 is 40.3. The molecule has 0 atom stereocenters. The molecular formula is C17H11F3N4OS2. The van der Waals surface area contributed by atoms with Crippen LogP contribution in [0.3, 0.4) is 0 Å². The summed E-state index contributed by atoms with van der Waals surface area (Å²) in [5.41, 5.74) is 0.600. The molecular weight excluding hydrogens is 397 g/mol. The van der Waals surface area contributed by atoms with E-state index in [-0.39, 0.29) is 32.7 Å². The number of nitrogens with zero attached hydrogens (tertiary/aromatic N) is 2. The molecule has 0 fully saturated rings. The molecule has 0 saturated heterocycles. The van der Waals surface area contributed by atoms with Gasteiger partial charge in [0.05, 0.1) is 17.1 Å². The third-order valence-electron chi connectivity index (χ3n) is 3.43. The predicted molar refractivity (Wildman–Crippen MR) is 101 cm³/mol. The molecule has 10 heteroatoms. The van der Waals surface area contributed by atoms with Crippen molar-refractivity contribution < 1.29 is 18.0 Å². The molecule has 0 bridgehead atoms. The van der Waals surface area contributed by atoms with Crippen LogP contribution in [0.4, 0.5) is 13.2 Å². The standard InChI is InChI=1S/C17H11F3N4OS2/c18-12-6-10(26-16(25)9-4-2-1-3-5-9)7-13-11(12)8-23-24(13)17(22)27-15(21)14(19)20/h1-8,14,21-22H. The van der Waals surface area contributed by atoms with Crippen molar-refractivity contribution in [2.24, 2.45) is 0 Å². The van der Waals surface area contributed by atoms with Crippen LogP contribution in [0.2, 0.25) is 0 Å². The summed E-state index contributed by atoms with van der Waals surface area (Å²) in [5.74, 6) is -0.649. The van der Waals surface area contributed by atoms with E-state index < -0.39 is 22.5 Å². The minimum absolute atomic E-state index is 0.0837. The third-order valence-corrected chi connectivity index (χ3v) is 5.09. The van der Waals surface area contributed by atoms with Crippen molar-refractivity contribution >= 4 is 49.8 Å². The maximum Gasteiger partial charge on any atom is 0.286 e. The van der Waals surface area contributed by atoms with E-state index in [1.54, 1.807) is 30.3 Å². The number of carbonyl (C=O) groups is 1. The van der Waals surface area contributed by atoms with Crippen LogP contribution < -0.4 is 0 Å². The van der Waals surface area contributed by atoms with E-state index in [9.17, 15) is 18.0 Å². The lowest BCUT2D eigenvalue weighted by Crippen LogP contribution is -2.14. The fraction of sp³-hybridized carbons (Fsp3) is 0.0588. The summed E-state index contributed by atoms with van der Waals surface area (Å²) in [6.45, 7) is 0. The van der Waals surface area contributed by atoms with Gasteiger partial charge in [-0.3, -0.25) is 15.6 Å². The van der Waals surface area contributed by atoms with E-state index in [2.05, 4.69) is 5.10 Å². The van der Waals surface area contributed by atoms with Gasteiger partial charge in [-0.05, 0) is 35.7 Å². The van der Waals surface area contributed by atoms with Gasteiger partial charge in [0.25, 0.3) is 6.43 Å². The molecule has 138 valence electrons. The molecule has 2 aromatic carbocycles. The highest BCUT2D eigenvalue weighted by Gasteiger charge is 2.19. The van der Waals surface area contributed by atoms with Crippen LogP contribution in [-0.4, -0.2) is 31.5 Å². The lowest BCUT2D eigenvalue weighted by molar-refractivity contribution is 0.108. The highest BCUT2D eigenvalue weighted by molar-refractivity contribution is 8.26. The zero-order chi connectivity index (χ0) is 19.6. The molecule has 1 heterocycles. The Morgan fingerprint density at radius 1 is 1.15 bits per heavy atom. The monoisotopic (exact) mass is 408 g/mol. The molecule has 0 radical (unpaired) electrons. The summed E-state index contributed by atoms with van der Waals surface area (Å²) >= 11 is 1.03. The van der Waals surface area contributed by atoms with Crippen LogP contribution in [0.25, 0.3) is 10.9 Å². The summed E-state index contributed by atoms with van der Waals surface area (Å²) in [6, 6.07) is 11.1. The maximum absolute atomic E-state index is 14.3. The van der Waals surface area contributed by atoms with Crippen molar-refractivity contribution in [3.63, 3.8) is 0 Å². The Bertz CT molecular complexity index is 1040. The molecule has 3 aromatic rings. The van der Waals surface area contributed by atoms with Crippen LogP contribution in [0.15, 0.2) is 53.6 Å². The Morgan fingerprint density at radius 2 is 1.85 bits per heavy atom. The Labute approximate surface area is 160 Å². The quantitative estimate of drug-likeness (QED) is 0.368. The molecule has 1 aromatic heterocycles. The van der Waals surface area contributed by atoms with E-state index in [1.165, 1.54) is 18.3 Å². The van der Waals surface area contributed by atoms with E-state index in [0.29, 0.717) is 5.56 Å². The van der Waals surface area contributed by atoms with Gasteiger partial charge >= 0.3 is 0 Å². The number of nitrogens with one attached hydrogen (secondary N) is 2. The van der Waals surface area contributed by atoms with E-state index in [0.717, 1.165) is 16.4 Å². The molecule has 0 aliphatic rings. The zero-order valence-corrected chi connectivity index (χ0v) is 15.1. The number of hydrogen-bond donors (Lipinski definition) is 2. The van der Waals surface area contributed by atoms with Crippen LogP contribution in [0.5, 0.6) is 0 Å². The molecule has 5 nitrogen and oxygen atoms in total. The van der Waals surface area contributed by atoms with Gasteiger partial charge in [0, 0.05) is 10.5 Å². The van der Waals surface area contributed by atoms with Crippen molar-refractivity contribution in [1.82, 2.24) is 9.78 Å². The lowest BCUT2D eigenvalue weighted by Gasteiger charge is -2.07. The number of thioether (sulfide) groups is 2. The van der Waals surface area contributed by atoms with Gasteiger partial charge in [-0.1, -0.05) is 30.3 Å². The van der Waals surface area contributed by atoms with Gasteiger partial charge in [0.2, 0.25) is 5.12 Å². The predicted octanol–water partition coefficient (Wildman–Crippen LogP) is 4.87. The van der Waals surface area contributed by atoms with Crippen LogP contribution in [-0.2, 0) is 0 Å². The topological polar surface area (TPSA) is 82.6 Å². The van der Waals surface area contributed by atoms with Crippen LogP contribution >= 0.6 is 23.5 Å². The second-order valence-electron chi connectivity index (χ2n) is 5.22. The Kier molecular flexibility index (Phi) is 5.66. The van der Waals surface area contributed by atoms with Gasteiger partial charge < -0.3 is 0 Å². The van der Waals surface area contributed by atoms with E-state index in [4.69, 9.17) is 10.8 Å². The normalized spacial score (nSPS) is 11.1. The van der Waals surface area contributed by atoms with Gasteiger partial charge in [0.1, 0.15) is 10.9 Å². The molecule has 0 unspecified atom stereocenters. The van der Waals surface area contributed by atoms with Gasteiger partial charge in [-0.2, -0.15) is 5.10 Å². The number of alkyl halides is 2. The summed E-state index contributed by atoms with van der Waals surface area (Å²) in [7, 11) is 0. The Hall–Kier alpha value is -2.59. The number of halogens is 3. The van der Waals surface area contributed by atoms with Crippen molar-refractivity contribution in [2.75, 3.05) is 0 Å². The number of benzene rings is 2. The van der Waals surface area contributed by atoms with Crippen LogP contribution in [0, 0.1) is 16.6 Å². The van der Waals surface area contributed by atoms with Gasteiger partial charge in [-0.25, -0.2) is 17.9 Å². The van der Waals surface area contributed by atoms with Crippen molar-refractivity contribution in [2.45, 2.75) is 11.3 Å². The lowest BCUT2D eigenvalue weighted by atomic mass is 10.2. The first-order valence-corrected chi connectivity index (χ1v) is 9.08. The Morgan fingerprint density at radius 3 is 2.52 bits per heavy atom. The highest BCUT2D eigenvalue weighted by atomic mass is 32.2. The van der Waals surface area contributed by atoms with Crippen LogP contribution in [0.1, 0.15) is 10.4 Å². The number of rotatable bonds is 3. The third kappa shape index (κ3) is 4.22. The molecule has 0 saturated carbocycles. The molecule has 2 N–H and O–H groups in total. The molecule has 0 aliphatic heterocycles. The number of fused-ring (bicyclic) bond motifs is 1. The van der Waals surface area contributed by atoms with Crippen molar-refractivity contribution in [3.05, 3.63) is 60.0 Å². The largest absolute Gasteiger partial charge is 0.293 e. The highest BCUT2D eigenvalue weighted by Crippen LogP contribution is 2.29. The van der Waals surface area contributed by atoms with Gasteiger partial charge in [-0.15, -0.1) is 0 Å². The fourth-order valence-corrected chi connectivity index (χ4v) is 3.54. The molecule has 27 heavy (non-hydrogen) atoms. The first kappa shape index (κ1) is 19.2. The molecule has 0 amide bonds. The Balaban J connectivity index is 1.92. The number of hydrogen-bond acceptors (Lipinski definition) is 6. The van der Waals surface area contributed by atoms with Crippen molar-refractivity contribution in [3.8, 4) is 0 Å². The zero-order valence-electron chi connectivity index (χ0n) is 13.4. The molecule has 3 rings (SSSR count). The first-order valence-electron chi connectivity index (χ1n) is 7.44. The smallest absolute Gasteiger partial charge is 0.286 e. The second kappa shape index (κ2) is 7.97. The maximum atomic E-state index is 14.3. The minimum atomic E-state index is -3.01. The summed E-state index contributed by atoms with van der Waals surface area (Å²) in [5, 5.41) is 17.2. The first-order chi connectivity index (χ1) is 12.9. The second-order valence-corrected chi connectivity index (χ2v) is 7.30. The van der Waals surface area contributed by atoms with Gasteiger partial charge in [0.15, 0.2) is 5.17 Å². The SMILES string of the molecule is N=C(SC(=N)n1ncc2c(F)cc(SC(=O)c3ccccc3)cc21)C(F)F. The average Bonchev–Trinajstić information content (AvgIpc) is 3.06. The summed E-state index contributed by atoms with van der Waals surface area (Å²) in [6.07, 6.45) is -1.84.